The summed E-state index contributed by atoms with van der Waals surface area (Å²) >= 11 is 1.93. The van der Waals surface area contributed by atoms with Gasteiger partial charge in [0.1, 0.15) is 0 Å². The van der Waals surface area contributed by atoms with Gasteiger partial charge in [0, 0.05) is 6.20 Å². The molecule has 0 radical (unpaired) electrons. The molecular formula is C8H10INO3. The number of aromatic nitrogens is 1. The maximum Gasteiger partial charge on any atom is 0.264 e. The molecule has 1 aromatic heterocycles. The first-order valence-corrected chi connectivity index (χ1v) is 4.87. The first-order chi connectivity index (χ1) is 6.15. The molecule has 0 bridgehead atoms. The summed E-state index contributed by atoms with van der Waals surface area (Å²) in [6.07, 6.45) is 0.708. The van der Waals surface area contributed by atoms with E-state index in [4.69, 9.17) is 10.2 Å². The molecule has 1 unspecified atom stereocenters. The fourth-order valence-corrected chi connectivity index (χ4v) is 1.45. The van der Waals surface area contributed by atoms with Gasteiger partial charge in [0.2, 0.25) is 0 Å². The van der Waals surface area contributed by atoms with Crippen molar-refractivity contribution in [3.05, 3.63) is 32.3 Å². The van der Waals surface area contributed by atoms with E-state index in [0.29, 0.717) is 3.57 Å². The van der Waals surface area contributed by atoms with Crippen LogP contribution in [0.25, 0.3) is 0 Å². The summed E-state index contributed by atoms with van der Waals surface area (Å²) in [5.41, 5.74) is -0.143. The Morgan fingerprint density at radius 1 is 1.62 bits per heavy atom. The van der Waals surface area contributed by atoms with Gasteiger partial charge in [0.15, 0.2) is 0 Å². The third-order valence-corrected chi connectivity index (χ3v) is 2.41. The Labute approximate surface area is 89.0 Å². The lowest BCUT2D eigenvalue weighted by Gasteiger charge is -2.09. The third-order valence-electron chi connectivity index (χ3n) is 1.59. The zero-order valence-electron chi connectivity index (χ0n) is 6.85. The summed E-state index contributed by atoms with van der Waals surface area (Å²) in [7, 11) is 0. The first-order valence-electron chi connectivity index (χ1n) is 3.79. The van der Waals surface area contributed by atoms with E-state index in [1.54, 1.807) is 18.3 Å². The number of halogens is 1. The quantitative estimate of drug-likeness (QED) is 0.760. The normalized spacial score (nSPS) is 12.8. The summed E-state index contributed by atoms with van der Waals surface area (Å²) in [6.45, 7) is -0.204. The van der Waals surface area contributed by atoms with Gasteiger partial charge < -0.3 is 14.8 Å². The lowest BCUT2D eigenvalue weighted by molar-refractivity contribution is 0.0803. The van der Waals surface area contributed by atoms with Gasteiger partial charge >= 0.3 is 0 Å². The molecule has 1 rings (SSSR count). The Hall–Kier alpha value is -0.400. The zero-order chi connectivity index (χ0) is 9.84. The molecule has 1 heterocycles. The number of hydrogen-bond donors (Lipinski definition) is 2. The number of rotatable bonds is 3. The van der Waals surface area contributed by atoms with E-state index in [-0.39, 0.29) is 18.7 Å². The maximum absolute atomic E-state index is 11.4. The standard InChI is InChI=1S/C8H10INO3/c9-7-2-1-3-10(8(7)13)4-6(12)5-11/h1-3,6,11-12H,4-5H2. The second kappa shape index (κ2) is 4.73. The zero-order valence-corrected chi connectivity index (χ0v) is 9.01. The van der Waals surface area contributed by atoms with Gasteiger partial charge in [0.05, 0.1) is 22.8 Å². The molecule has 13 heavy (non-hydrogen) atoms. The molecule has 4 nitrogen and oxygen atoms in total. The molecule has 0 aromatic carbocycles. The topological polar surface area (TPSA) is 62.5 Å². The van der Waals surface area contributed by atoms with Crippen LogP contribution in [-0.2, 0) is 6.54 Å². The average Bonchev–Trinajstić information content (AvgIpc) is 2.13. The summed E-state index contributed by atoms with van der Waals surface area (Å²) in [5.74, 6) is 0. The number of nitrogens with zero attached hydrogens (tertiary/aromatic N) is 1. The lowest BCUT2D eigenvalue weighted by Crippen LogP contribution is -2.29. The summed E-state index contributed by atoms with van der Waals surface area (Å²) in [6, 6.07) is 3.43. The predicted molar refractivity (Wildman–Crippen MR) is 56.5 cm³/mol. The fraction of sp³-hybridized carbons (Fsp3) is 0.375. The van der Waals surface area contributed by atoms with Crippen molar-refractivity contribution >= 4 is 22.6 Å². The highest BCUT2D eigenvalue weighted by Gasteiger charge is 2.05. The van der Waals surface area contributed by atoms with E-state index in [1.807, 2.05) is 22.6 Å². The van der Waals surface area contributed by atoms with Crippen LogP contribution in [0.1, 0.15) is 0 Å². The minimum absolute atomic E-state index is 0.131. The minimum atomic E-state index is -0.879. The fourth-order valence-electron chi connectivity index (χ4n) is 0.936. The number of aliphatic hydroxyl groups is 2. The van der Waals surface area contributed by atoms with Crippen molar-refractivity contribution in [1.29, 1.82) is 0 Å². The molecule has 0 spiro atoms. The van der Waals surface area contributed by atoms with Gasteiger partial charge in [-0.15, -0.1) is 0 Å². The van der Waals surface area contributed by atoms with Crippen LogP contribution in [0.3, 0.4) is 0 Å². The Kier molecular flexibility index (Phi) is 3.89. The molecule has 0 aliphatic rings. The van der Waals surface area contributed by atoms with Crippen LogP contribution in [0.15, 0.2) is 23.1 Å². The van der Waals surface area contributed by atoms with Gasteiger partial charge in [0.25, 0.3) is 5.56 Å². The predicted octanol–water partition coefficient (Wildman–Crippen LogP) is -0.194. The molecular weight excluding hydrogens is 285 g/mol. The second-order valence-corrected chi connectivity index (χ2v) is 3.81. The molecule has 0 saturated carbocycles. The summed E-state index contributed by atoms with van der Waals surface area (Å²) in [5, 5.41) is 17.7. The lowest BCUT2D eigenvalue weighted by atomic mass is 10.3. The SMILES string of the molecule is O=c1c(I)cccn1CC(O)CO. The highest BCUT2D eigenvalue weighted by molar-refractivity contribution is 14.1. The molecule has 0 aliphatic heterocycles. The molecule has 5 heteroatoms. The molecule has 1 atom stereocenters. The van der Waals surface area contributed by atoms with Crippen LogP contribution in [-0.4, -0.2) is 27.5 Å². The van der Waals surface area contributed by atoms with Crippen LogP contribution in [0.2, 0.25) is 0 Å². The van der Waals surface area contributed by atoms with E-state index < -0.39 is 6.10 Å². The van der Waals surface area contributed by atoms with E-state index >= 15 is 0 Å². The van der Waals surface area contributed by atoms with Gasteiger partial charge in [-0.25, -0.2) is 0 Å². The van der Waals surface area contributed by atoms with E-state index in [0.717, 1.165) is 0 Å². The molecule has 2 N–H and O–H groups in total. The molecule has 0 aliphatic carbocycles. The van der Waals surface area contributed by atoms with E-state index in [9.17, 15) is 4.79 Å². The van der Waals surface area contributed by atoms with Crippen LogP contribution in [0, 0.1) is 3.57 Å². The Bertz CT molecular complexity index is 336. The van der Waals surface area contributed by atoms with Crippen LogP contribution in [0.5, 0.6) is 0 Å². The first kappa shape index (κ1) is 10.7. The van der Waals surface area contributed by atoms with Crippen molar-refractivity contribution < 1.29 is 10.2 Å². The smallest absolute Gasteiger partial charge is 0.264 e. The molecule has 72 valence electrons. The van der Waals surface area contributed by atoms with Crippen molar-refractivity contribution in [3.8, 4) is 0 Å². The van der Waals surface area contributed by atoms with Crippen LogP contribution >= 0.6 is 22.6 Å². The van der Waals surface area contributed by atoms with Gasteiger partial charge in [-0.05, 0) is 34.7 Å². The Morgan fingerprint density at radius 3 is 2.92 bits per heavy atom. The largest absolute Gasteiger partial charge is 0.394 e. The monoisotopic (exact) mass is 295 g/mol. The van der Waals surface area contributed by atoms with Crippen LogP contribution < -0.4 is 5.56 Å². The maximum atomic E-state index is 11.4. The van der Waals surface area contributed by atoms with E-state index in [1.165, 1.54) is 4.57 Å². The minimum Gasteiger partial charge on any atom is -0.394 e. The average molecular weight is 295 g/mol. The second-order valence-electron chi connectivity index (χ2n) is 2.65. The molecule has 1 aromatic rings. The third kappa shape index (κ3) is 2.78. The highest BCUT2D eigenvalue weighted by atomic mass is 127. The number of hydrogen-bond acceptors (Lipinski definition) is 3. The Balaban J connectivity index is 2.89. The summed E-state index contributed by atoms with van der Waals surface area (Å²) < 4.78 is 1.98. The van der Waals surface area contributed by atoms with Crippen molar-refractivity contribution in [1.82, 2.24) is 4.57 Å². The van der Waals surface area contributed by atoms with E-state index in [2.05, 4.69) is 0 Å². The van der Waals surface area contributed by atoms with Crippen molar-refractivity contribution in [2.75, 3.05) is 6.61 Å². The van der Waals surface area contributed by atoms with Crippen molar-refractivity contribution in [2.24, 2.45) is 0 Å². The van der Waals surface area contributed by atoms with Gasteiger partial charge in [-0.1, -0.05) is 0 Å². The Morgan fingerprint density at radius 2 is 2.31 bits per heavy atom. The number of pyridine rings is 1. The molecule has 0 fully saturated rings. The molecule has 0 amide bonds. The van der Waals surface area contributed by atoms with Gasteiger partial charge in [-0.2, -0.15) is 0 Å². The van der Waals surface area contributed by atoms with Crippen molar-refractivity contribution in [2.45, 2.75) is 12.6 Å². The van der Waals surface area contributed by atoms with Gasteiger partial charge in [-0.3, -0.25) is 4.79 Å². The summed E-state index contributed by atoms with van der Waals surface area (Å²) in [4.78, 5) is 11.4. The highest BCUT2D eigenvalue weighted by Crippen LogP contribution is 1.96. The van der Waals surface area contributed by atoms with Crippen LogP contribution in [0.4, 0.5) is 0 Å². The molecule has 0 saturated heterocycles. The number of aliphatic hydroxyl groups excluding tert-OH is 2. The van der Waals surface area contributed by atoms with Crippen molar-refractivity contribution in [3.63, 3.8) is 0 Å².